The maximum Gasteiger partial charge on any atom is 0.170 e. The van der Waals surface area contributed by atoms with Crippen LogP contribution in [0.1, 0.15) is 37.1 Å². The molecule has 0 aliphatic rings. The van der Waals surface area contributed by atoms with Crippen LogP contribution in [-0.4, -0.2) is 19.9 Å². The van der Waals surface area contributed by atoms with Crippen LogP contribution in [-0.2, 0) is 0 Å². The Morgan fingerprint density at radius 3 is 1.66 bits per heavy atom. The summed E-state index contributed by atoms with van der Waals surface area (Å²) in [6.07, 6.45) is 3.12. The Balaban J connectivity index is 0.000000203. The second-order valence-corrected chi connectivity index (χ2v) is 9.65. The van der Waals surface area contributed by atoms with Crippen molar-refractivity contribution in [1.82, 2.24) is 19.9 Å². The van der Waals surface area contributed by atoms with E-state index >= 15 is 0 Å². The largest absolute Gasteiger partial charge is 0.381 e. The molecule has 0 unspecified atom stereocenters. The third-order valence-corrected chi connectivity index (χ3v) is 5.82. The molecule has 4 rings (SSSR count). The number of nitrogens with one attached hydrogen (secondary N) is 1. The molecule has 0 bridgehead atoms. The summed E-state index contributed by atoms with van der Waals surface area (Å²) in [7, 11) is 0. The van der Waals surface area contributed by atoms with E-state index in [9.17, 15) is 0 Å². The van der Waals surface area contributed by atoms with E-state index in [1.54, 1.807) is 12.4 Å². The lowest BCUT2D eigenvalue weighted by Crippen LogP contribution is -2.10. The first-order chi connectivity index (χ1) is 16.7. The molecular formula is C24H27Br3N8. The van der Waals surface area contributed by atoms with Crippen LogP contribution in [0, 0.1) is 0 Å². The van der Waals surface area contributed by atoms with E-state index in [1.807, 2.05) is 55.5 Å². The van der Waals surface area contributed by atoms with Crippen molar-refractivity contribution in [3.63, 3.8) is 0 Å². The smallest absolute Gasteiger partial charge is 0.170 e. The number of nitrogen functional groups attached to an aromatic ring is 2. The van der Waals surface area contributed by atoms with Crippen LogP contribution in [0.25, 0.3) is 0 Å². The molecule has 0 aliphatic carbocycles. The average Bonchev–Trinajstić information content (AvgIpc) is 2.86. The minimum absolute atomic E-state index is 0.127. The van der Waals surface area contributed by atoms with E-state index in [-0.39, 0.29) is 12.1 Å². The van der Waals surface area contributed by atoms with Crippen molar-refractivity contribution in [2.75, 3.05) is 16.8 Å². The number of nitrogens with two attached hydrogens (primary N) is 3. The quantitative estimate of drug-likeness (QED) is 0.199. The van der Waals surface area contributed by atoms with Crippen molar-refractivity contribution in [3.8, 4) is 0 Å². The topological polar surface area (TPSA) is 142 Å². The standard InChI is InChI=1S/C12H13BrN4.C8H11N.C4H3Br2N3/c1-8(9-5-3-2-4-6-9)16-12-11(14)15-7-10(13)17-12;1-7(9)8-5-3-2-4-6-8;5-2-1-8-4(7)3(6)9-2/h2-8H,1H3,(H2,14,15)(H,16,17);2-7H,9H2,1H3;1H,(H2,7,8)/t8-;7-;/m00./s1. The molecule has 0 saturated heterocycles. The molecule has 35 heavy (non-hydrogen) atoms. The van der Waals surface area contributed by atoms with Crippen molar-refractivity contribution < 1.29 is 0 Å². The van der Waals surface area contributed by atoms with Crippen molar-refractivity contribution >= 4 is 65.2 Å². The van der Waals surface area contributed by atoms with E-state index in [0.29, 0.717) is 31.3 Å². The highest BCUT2D eigenvalue weighted by atomic mass is 79.9. The van der Waals surface area contributed by atoms with Crippen LogP contribution in [0.15, 0.2) is 86.9 Å². The van der Waals surface area contributed by atoms with E-state index in [2.05, 4.69) is 92.1 Å². The number of hydrogen-bond acceptors (Lipinski definition) is 8. The van der Waals surface area contributed by atoms with Gasteiger partial charge in [-0.05, 0) is 72.8 Å². The van der Waals surface area contributed by atoms with Gasteiger partial charge in [-0.1, -0.05) is 60.7 Å². The van der Waals surface area contributed by atoms with Gasteiger partial charge in [0.2, 0.25) is 0 Å². The Morgan fingerprint density at radius 2 is 1.20 bits per heavy atom. The fourth-order valence-corrected chi connectivity index (χ4v) is 3.72. The molecule has 0 spiro atoms. The average molecular weight is 667 g/mol. The predicted molar refractivity (Wildman–Crippen MR) is 154 cm³/mol. The molecule has 8 nitrogen and oxygen atoms in total. The molecule has 2 atom stereocenters. The number of halogens is 3. The molecular weight excluding hydrogens is 640 g/mol. The van der Waals surface area contributed by atoms with Gasteiger partial charge >= 0.3 is 0 Å². The number of hydrogen-bond donors (Lipinski definition) is 4. The highest BCUT2D eigenvalue weighted by molar-refractivity contribution is 9.11. The molecule has 0 amide bonds. The van der Waals surface area contributed by atoms with Gasteiger partial charge in [0.25, 0.3) is 0 Å². The van der Waals surface area contributed by atoms with Crippen LogP contribution in [0.2, 0.25) is 0 Å². The van der Waals surface area contributed by atoms with Gasteiger partial charge in [0.15, 0.2) is 17.5 Å². The van der Waals surface area contributed by atoms with Crippen LogP contribution in [0.5, 0.6) is 0 Å². The van der Waals surface area contributed by atoms with Crippen molar-refractivity contribution in [1.29, 1.82) is 0 Å². The molecule has 0 aliphatic heterocycles. The maximum absolute atomic E-state index is 5.76. The highest BCUT2D eigenvalue weighted by Crippen LogP contribution is 2.22. The van der Waals surface area contributed by atoms with E-state index in [4.69, 9.17) is 17.2 Å². The Bertz CT molecular complexity index is 1180. The first kappa shape index (κ1) is 28.6. The molecule has 7 N–H and O–H groups in total. The molecule has 184 valence electrons. The minimum atomic E-state index is 0.127. The Labute approximate surface area is 230 Å². The summed E-state index contributed by atoms with van der Waals surface area (Å²) in [5.41, 5.74) is 19.1. The summed E-state index contributed by atoms with van der Waals surface area (Å²) in [6, 6.07) is 20.4. The van der Waals surface area contributed by atoms with E-state index in [0.717, 1.165) is 0 Å². The zero-order valence-corrected chi connectivity index (χ0v) is 24.0. The monoisotopic (exact) mass is 664 g/mol. The molecule has 2 heterocycles. The van der Waals surface area contributed by atoms with Crippen LogP contribution < -0.4 is 22.5 Å². The van der Waals surface area contributed by atoms with Crippen LogP contribution in [0.3, 0.4) is 0 Å². The van der Waals surface area contributed by atoms with Crippen molar-refractivity contribution in [2.45, 2.75) is 25.9 Å². The first-order valence-electron chi connectivity index (χ1n) is 10.5. The van der Waals surface area contributed by atoms with Gasteiger partial charge in [0, 0.05) is 6.04 Å². The Morgan fingerprint density at radius 1 is 0.714 bits per heavy atom. The van der Waals surface area contributed by atoms with Gasteiger partial charge in [-0.3, -0.25) is 0 Å². The summed E-state index contributed by atoms with van der Waals surface area (Å²) in [4.78, 5) is 16.0. The van der Waals surface area contributed by atoms with Gasteiger partial charge in [-0.25, -0.2) is 19.9 Å². The number of benzene rings is 2. The third-order valence-electron chi connectivity index (χ3n) is 4.48. The Kier molecular flexibility index (Phi) is 12.0. The molecule has 4 aromatic rings. The molecule has 0 fully saturated rings. The van der Waals surface area contributed by atoms with Gasteiger partial charge in [-0.2, -0.15) is 0 Å². The lowest BCUT2D eigenvalue weighted by molar-refractivity contribution is 0.818. The Hall–Kier alpha value is -2.60. The first-order valence-corrected chi connectivity index (χ1v) is 12.9. The zero-order valence-electron chi connectivity index (χ0n) is 19.2. The lowest BCUT2D eigenvalue weighted by Gasteiger charge is -2.15. The van der Waals surface area contributed by atoms with Gasteiger partial charge < -0.3 is 22.5 Å². The fraction of sp³-hybridized carbons (Fsp3) is 0.167. The van der Waals surface area contributed by atoms with Crippen LogP contribution >= 0.6 is 47.8 Å². The molecule has 0 radical (unpaired) electrons. The normalized spacial score (nSPS) is 11.7. The number of aromatic nitrogens is 4. The zero-order chi connectivity index (χ0) is 25.8. The molecule has 0 saturated carbocycles. The molecule has 2 aromatic heterocycles. The SMILES string of the molecule is C[C@H](N)c1ccccc1.C[C@H](Nc1nc(Br)cnc1N)c1ccccc1.Nc1ncc(Br)nc1Br. The van der Waals surface area contributed by atoms with Crippen molar-refractivity contribution in [3.05, 3.63) is 98.0 Å². The summed E-state index contributed by atoms with van der Waals surface area (Å²) in [6.45, 7) is 4.03. The summed E-state index contributed by atoms with van der Waals surface area (Å²) in [5, 5.41) is 3.24. The van der Waals surface area contributed by atoms with Gasteiger partial charge in [-0.15, -0.1) is 0 Å². The predicted octanol–water partition coefficient (Wildman–Crippen LogP) is 6.28. The van der Waals surface area contributed by atoms with Gasteiger partial charge in [0.1, 0.15) is 13.8 Å². The maximum atomic E-state index is 5.76. The second-order valence-electron chi connectivity index (χ2n) is 7.27. The van der Waals surface area contributed by atoms with Crippen molar-refractivity contribution in [2.24, 2.45) is 5.73 Å². The van der Waals surface area contributed by atoms with Crippen LogP contribution in [0.4, 0.5) is 17.5 Å². The third kappa shape index (κ3) is 10.3. The number of rotatable bonds is 4. The summed E-state index contributed by atoms with van der Waals surface area (Å²) in [5.74, 6) is 1.39. The minimum Gasteiger partial charge on any atom is -0.381 e. The lowest BCUT2D eigenvalue weighted by atomic mass is 10.1. The number of anilines is 3. The van der Waals surface area contributed by atoms with E-state index < -0.39 is 0 Å². The number of nitrogens with zero attached hydrogens (tertiary/aromatic N) is 4. The summed E-state index contributed by atoms with van der Waals surface area (Å²) < 4.78 is 1.90. The fourth-order valence-electron chi connectivity index (χ4n) is 2.63. The highest BCUT2D eigenvalue weighted by Gasteiger charge is 2.09. The second kappa shape index (κ2) is 14.7. The van der Waals surface area contributed by atoms with E-state index in [1.165, 1.54) is 11.1 Å². The summed E-state index contributed by atoms with van der Waals surface area (Å²) >= 11 is 9.53. The van der Waals surface area contributed by atoms with Gasteiger partial charge in [0.05, 0.1) is 18.4 Å². The molecule has 11 heteroatoms. The molecule has 2 aromatic carbocycles.